The molecule has 118 valence electrons. The van der Waals surface area contributed by atoms with E-state index < -0.39 is 0 Å². The van der Waals surface area contributed by atoms with Crippen molar-refractivity contribution in [3.8, 4) is 0 Å². The van der Waals surface area contributed by atoms with Crippen LogP contribution in [0.15, 0.2) is 24.3 Å². The second-order valence-corrected chi connectivity index (χ2v) is 5.72. The number of Topliss-reactive ketones (excluding diaryl/α,β-unsaturated/α-hetero) is 1. The summed E-state index contributed by atoms with van der Waals surface area (Å²) in [5, 5.41) is 0. The lowest BCUT2D eigenvalue weighted by Gasteiger charge is -2.25. The monoisotopic (exact) mass is 289 g/mol. The summed E-state index contributed by atoms with van der Waals surface area (Å²) in [6.07, 6.45) is 8.17. The van der Waals surface area contributed by atoms with Crippen molar-refractivity contribution in [1.82, 2.24) is 0 Å². The maximum atomic E-state index is 11.7. The van der Waals surface area contributed by atoms with E-state index in [0.29, 0.717) is 6.42 Å². The molecule has 2 nitrogen and oxygen atoms in total. The number of nitrogens with zero attached hydrogens (tertiary/aromatic N) is 1. The molecule has 0 atom stereocenters. The molecule has 0 aliphatic carbocycles. The van der Waals surface area contributed by atoms with Crippen LogP contribution in [0.25, 0.3) is 0 Å². The Morgan fingerprint density at radius 3 is 1.81 bits per heavy atom. The lowest BCUT2D eigenvalue weighted by molar-refractivity contribution is 0.0988. The first kappa shape index (κ1) is 17.7. The number of benzene rings is 1. The van der Waals surface area contributed by atoms with Gasteiger partial charge in [0.25, 0.3) is 0 Å². The number of anilines is 1. The van der Waals surface area contributed by atoms with Crippen LogP contribution in [0.5, 0.6) is 0 Å². The fourth-order valence-corrected chi connectivity index (χ4v) is 2.54. The van der Waals surface area contributed by atoms with E-state index in [2.05, 4.69) is 30.9 Å². The molecule has 1 aromatic carbocycles. The minimum Gasteiger partial charge on any atom is -0.372 e. The van der Waals surface area contributed by atoms with E-state index in [9.17, 15) is 4.79 Å². The second-order valence-electron chi connectivity index (χ2n) is 5.72. The average Bonchev–Trinajstić information content (AvgIpc) is 2.53. The Morgan fingerprint density at radius 1 is 0.857 bits per heavy atom. The first-order chi connectivity index (χ1) is 10.2. The number of ketones is 1. The number of rotatable bonds is 11. The number of carbonyl (C=O) groups is 1. The normalized spacial score (nSPS) is 10.6. The summed E-state index contributed by atoms with van der Waals surface area (Å²) in [7, 11) is 0. The Bertz CT molecular complexity index is 387. The van der Waals surface area contributed by atoms with Crippen LogP contribution in [0.4, 0.5) is 5.69 Å². The zero-order valence-electron chi connectivity index (χ0n) is 14.0. The molecule has 0 amide bonds. The van der Waals surface area contributed by atoms with Gasteiger partial charge in [0.15, 0.2) is 5.78 Å². The van der Waals surface area contributed by atoms with Crippen molar-refractivity contribution < 1.29 is 4.79 Å². The topological polar surface area (TPSA) is 20.3 Å². The fraction of sp³-hybridized carbons (Fsp3) is 0.632. The molecule has 2 heteroatoms. The molecule has 0 spiro atoms. The van der Waals surface area contributed by atoms with Crippen molar-refractivity contribution in [2.45, 2.75) is 65.7 Å². The van der Waals surface area contributed by atoms with Gasteiger partial charge in [-0.1, -0.05) is 46.5 Å². The average molecular weight is 289 g/mol. The summed E-state index contributed by atoms with van der Waals surface area (Å²) < 4.78 is 0. The van der Waals surface area contributed by atoms with Gasteiger partial charge in [-0.3, -0.25) is 4.79 Å². The Kier molecular flexibility index (Phi) is 8.80. The van der Waals surface area contributed by atoms with Gasteiger partial charge in [-0.2, -0.15) is 0 Å². The first-order valence-corrected chi connectivity index (χ1v) is 8.61. The summed E-state index contributed by atoms with van der Waals surface area (Å²) in [6, 6.07) is 8.18. The molecule has 21 heavy (non-hydrogen) atoms. The van der Waals surface area contributed by atoms with Gasteiger partial charge in [0.2, 0.25) is 0 Å². The largest absolute Gasteiger partial charge is 0.372 e. The lowest BCUT2D eigenvalue weighted by atomic mass is 10.1. The molecule has 0 fully saturated rings. The van der Waals surface area contributed by atoms with Crippen LogP contribution in [-0.4, -0.2) is 18.9 Å². The van der Waals surface area contributed by atoms with E-state index in [1.54, 1.807) is 0 Å². The predicted octanol–water partition coefficient (Wildman–Crippen LogP) is 5.47. The Labute approximate surface area is 130 Å². The van der Waals surface area contributed by atoms with Gasteiger partial charge in [0.05, 0.1) is 0 Å². The molecule has 0 saturated heterocycles. The number of carbonyl (C=O) groups excluding carboxylic acids is 1. The molecule has 0 radical (unpaired) electrons. The molecular formula is C19H31NO. The minimum atomic E-state index is 0.227. The van der Waals surface area contributed by atoms with Crippen LogP contribution >= 0.6 is 0 Å². The number of hydrogen-bond donors (Lipinski definition) is 0. The van der Waals surface area contributed by atoms with E-state index >= 15 is 0 Å². The minimum absolute atomic E-state index is 0.227. The Hall–Kier alpha value is -1.31. The quantitative estimate of drug-likeness (QED) is 0.398. The summed E-state index contributed by atoms with van der Waals surface area (Å²) in [6.45, 7) is 8.65. The standard InChI is InChI=1S/C19H31NO/c1-4-7-9-15-20(16-10-8-5-2)18-13-11-17(12-14-18)19(21)6-3/h11-14H,4-10,15-16H2,1-3H3. The third-order valence-corrected chi connectivity index (χ3v) is 3.94. The first-order valence-electron chi connectivity index (χ1n) is 8.61. The third-order valence-electron chi connectivity index (χ3n) is 3.94. The fourth-order valence-electron chi connectivity index (χ4n) is 2.54. The van der Waals surface area contributed by atoms with Crippen molar-refractivity contribution in [3.63, 3.8) is 0 Å². The predicted molar refractivity (Wildman–Crippen MR) is 92.3 cm³/mol. The summed E-state index contributed by atoms with van der Waals surface area (Å²) in [4.78, 5) is 14.2. The summed E-state index contributed by atoms with van der Waals surface area (Å²) in [5.74, 6) is 0.227. The summed E-state index contributed by atoms with van der Waals surface area (Å²) >= 11 is 0. The van der Waals surface area contributed by atoms with Crippen LogP contribution in [0.1, 0.15) is 76.1 Å². The SMILES string of the molecule is CCCCCN(CCCCC)c1ccc(C(=O)CC)cc1. The van der Waals surface area contributed by atoms with Crippen LogP contribution in [0, 0.1) is 0 Å². The highest BCUT2D eigenvalue weighted by atomic mass is 16.1. The van der Waals surface area contributed by atoms with Gasteiger partial charge in [0, 0.05) is 30.8 Å². The molecule has 0 aromatic heterocycles. The molecule has 0 N–H and O–H groups in total. The van der Waals surface area contributed by atoms with E-state index in [-0.39, 0.29) is 5.78 Å². The second kappa shape index (κ2) is 10.4. The van der Waals surface area contributed by atoms with Gasteiger partial charge >= 0.3 is 0 Å². The summed E-state index contributed by atoms with van der Waals surface area (Å²) in [5.41, 5.74) is 2.10. The van der Waals surface area contributed by atoms with Gasteiger partial charge in [-0.15, -0.1) is 0 Å². The Balaban J connectivity index is 2.68. The third kappa shape index (κ3) is 6.33. The smallest absolute Gasteiger partial charge is 0.162 e. The molecule has 0 unspecified atom stereocenters. The van der Waals surface area contributed by atoms with Crippen molar-refractivity contribution in [1.29, 1.82) is 0 Å². The highest BCUT2D eigenvalue weighted by Crippen LogP contribution is 2.18. The van der Waals surface area contributed by atoms with Crippen LogP contribution in [0.3, 0.4) is 0 Å². The van der Waals surface area contributed by atoms with E-state index in [0.717, 1.165) is 18.7 Å². The molecule has 0 aliphatic heterocycles. The lowest BCUT2D eigenvalue weighted by Crippen LogP contribution is -2.25. The van der Waals surface area contributed by atoms with Gasteiger partial charge in [-0.25, -0.2) is 0 Å². The highest BCUT2D eigenvalue weighted by molar-refractivity contribution is 5.96. The molecular weight excluding hydrogens is 258 g/mol. The van der Waals surface area contributed by atoms with Gasteiger partial charge in [0.1, 0.15) is 0 Å². The number of hydrogen-bond acceptors (Lipinski definition) is 2. The molecule has 0 aliphatic rings. The number of unbranched alkanes of at least 4 members (excludes halogenated alkanes) is 4. The van der Waals surface area contributed by atoms with Crippen LogP contribution in [0.2, 0.25) is 0 Å². The zero-order valence-corrected chi connectivity index (χ0v) is 14.0. The maximum Gasteiger partial charge on any atom is 0.162 e. The molecule has 0 heterocycles. The van der Waals surface area contributed by atoms with E-state index in [1.165, 1.54) is 44.2 Å². The molecule has 1 rings (SSSR count). The van der Waals surface area contributed by atoms with E-state index in [4.69, 9.17) is 0 Å². The molecule has 0 saturated carbocycles. The van der Waals surface area contributed by atoms with Crippen molar-refractivity contribution in [2.24, 2.45) is 0 Å². The van der Waals surface area contributed by atoms with E-state index in [1.807, 2.05) is 19.1 Å². The van der Waals surface area contributed by atoms with Crippen LogP contribution in [-0.2, 0) is 0 Å². The van der Waals surface area contributed by atoms with Crippen LogP contribution < -0.4 is 4.90 Å². The highest BCUT2D eigenvalue weighted by Gasteiger charge is 2.08. The van der Waals surface area contributed by atoms with Gasteiger partial charge in [-0.05, 0) is 37.1 Å². The zero-order chi connectivity index (χ0) is 15.5. The van der Waals surface area contributed by atoms with Crippen molar-refractivity contribution in [2.75, 3.05) is 18.0 Å². The van der Waals surface area contributed by atoms with Crippen molar-refractivity contribution in [3.05, 3.63) is 29.8 Å². The Morgan fingerprint density at radius 2 is 1.38 bits per heavy atom. The maximum absolute atomic E-state index is 11.7. The van der Waals surface area contributed by atoms with Gasteiger partial charge < -0.3 is 4.90 Å². The van der Waals surface area contributed by atoms with Crippen molar-refractivity contribution >= 4 is 11.5 Å². The molecule has 0 bridgehead atoms. The molecule has 1 aromatic rings.